The summed E-state index contributed by atoms with van der Waals surface area (Å²) in [6, 6.07) is 6.56. The lowest BCUT2D eigenvalue weighted by molar-refractivity contribution is 0.102. The number of amides is 1. The van der Waals surface area contributed by atoms with E-state index in [9.17, 15) is 4.79 Å². The zero-order chi connectivity index (χ0) is 12.3. The molecule has 0 aliphatic rings. The number of hydrogen-bond donors (Lipinski definition) is 1. The Hall–Kier alpha value is -1.28. The molecule has 86 valence electrons. The van der Waals surface area contributed by atoms with Gasteiger partial charge in [0.15, 0.2) is 10.8 Å². The molecule has 1 N–H and O–H groups in total. The normalized spacial score (nSPS) is 10.0. The van der Waals surface area contributed by atoms with Crippen LogP contribution < -0.4 is 5.32 Å². The van der Waals surface area contributed by atoms with E-state index in [0.29, 0.717) is 5.82 Å². The molecule has 5 nitrogen and oxygen atoms in total. The predicted octanol–water partition coefficient (Wildman–Crippen LogP) is 2.38. The Balaban J connectivity index is 2.11. The smallest absolute Gasteiger partial charge is 0.277 e. The second kappa shape index (κ2) is 5.37. The Kier molecular flexibility index (Phi) is 3.85. The number of rotatable bonds is 2. The zero-order valence-corrected chi connectivity index (χ0v) is 11.3. The highest BCUT2D eigenvalue weighted by molar-refractivity contribution is 14.1. The summed E-state index contributed by atoms with van der Waals surface area (Å²) in [5.74, 6) is 0.0926. The Morgan fingerprint density at radius 2 is 2.06 bits per heavy atom. The van der Waals surface area contributed by atoms with Gasteiger partial charge in [-0.05, 0) is 46.9 Å². The Bertz CT molecular complexity index is 529. The first kappa shape index (κ1) is 12.2. The summed E-state index contributed by atoms with van der Waals surface area (Å²) in [6.45, 7) is 0. The lowest BCUT2D eigenvalue weighted by Gasteiger charge is -2.02. The molecular formula is C10H6ClIN4O. The molecule has 0 unspecified atom stereocenters. The van der Waals surface area contributed by atoms with Crippen LogP contribution in [0.4, 0.5) is 5.82 Å². The van der Waals surface area contributed by atoms with Crippen LogP contribution in [0.1, 0.15) is 10.5 Å². The minimum Gasteiger partial charge on any atom is -0.305 e. The van der Waals surface area contributed by atoms with Crippen molar-refractivity contribution in [3.05, 3.63) is 44.9 Å². The molecule has 0 saturated heterocycles. The molecule has 2 rings (SSSR count). The molecule has 7 heteroatoms. The second-order valence-corrected chi connectivity index (χ2v) is 4.69. The fourth-order valence-electron chi connectivity index (χ4n) is 1.07. The van der Waals surface area contributed by atoms with E-state index in [4.69, 9.17) is 11.6 Å². The summed E-state index contributed by atoms with van der Waals surface area (Å²) in [5.41, 5.74) is 0.190. The zero-order valence-electron chi connectivity index (χ0n) is 8.39. The summed E-state index contributed by atoms with van der Waals surface area (Å²) in [6.07, 6.45) is 1.66. The molecule has 0 fully saturated rings. The van der Waals surface area contributed by atoms with Crippen LogP contribution in [0.5, 0.6) is 0 Å². The monoisotopic (exact) mass is 360 g/mol. The second-order valence-electron chi connectivity index (χ2n) is 3.06. The van der Waals surface area contributed by atoms with Crippen molar-refractivity contribution in [2.75, 3.05) is 5.32 Å². The molecule has 1 amide bonds. The van der Waals surface area contributed by atoms with Gasteiger partial charge in [-0.2, -0.15) is 0 Å². The third-order valence-electron chi connectivity index (χ3n) is 1.83. The molecule has 0 saturated carbocycles. The Morgan fingerprint density at radius 3 is 2.65 bits per heavy atom. The number of hydrogen-bond acceptors (Lipinski definition) is 4. The van der Waals surface area contributed by atoms with Crippen molar-refractivity contribution >= 4 is 45.9 Å². The minimum atomic E-state index is -0.372. The summed E-state index contributed by atoms with van der Waals surface area (Å²) in [4.78, 5) is 15.8. The molecule has 17 heavy (non-hydrogen) atoms. The summed E-state index contributed by atoms with van der Waals surface area (Å²) < 4.78 is 0.992. The highest BCUT2D eigenvalue weighted by Crippen LogP contribution is 2.09. The van der Waals surface area contributed by atoms with Gasteiger partial charge < -0.3 is 5.32 Å². The third-order valence-corrected chi connectivity index (χ3v) is 2.67. The number of nitrogens with one attached hydrogen (secondary N) is 1. The van der Waals surface area contributed by atoms with Crippen LogP contribution in [0.15, 0.2) is 30.5 Å². The van der Waals surface area contributed by atoms with Crippen LogP contribution in [-0.4, -0.2) is 21.1 Å². The van der Waals surface area contributed by atoms with Gasteiger partial charge in [-0.15, -0.1) is 10.2 Å². The molecule has 0 aromatic carbocycles. The van der Waals surface area contributed by atoms with Gasteiger partial charge in [-0.1, -0.05) is 11.6 Å². The van der Waals surface area contributed by atoms with Crippen LogP contribution in [0, 0.1) is 3.57 Å². The molecular weight excluding hydrogens is 354 g/mol. The first-order chi connectivity index (χ1) is 8.15. The number of nitrogens with zero attached hydrogens (tertiary/aromatic N) is 3. The van der Waals surface area contributed by atoms with E-state index >= 15 is 0 Å². The van der Waals surface area contributed by atoms with Crippen molar-refractivity contribution in [2.45, 2.75) is 0 Å². The van der Waals surface area contributed by atoms with Crippen molar-refractivity contribution in [2.24, 2.45) is 0 Å². The van der Waals surface area contributed by atoms with Gasteiger partial charge in [0.2, 0.25) is 0 Å². The predicted molar refractivity (Wildman–Crippen MR) is 71.9 cm³/mol. The topological polar surface area (TPSA) is 67.8 Å². The van der Waals surface area contributed by atoms with E-state index < -0.39 is 0 Å². The van der Waals surface area contributed by atoms with Crippen molar-refractivity contribution in [1.29, 1.82) is 0 Å². The molecule has 0 atom stereocenters. The number of pyridine rings is 1. The van der Waals surface area contributed by atoms with Gasteiger partial charge in [0.05, 0.1) is 0 Å². The van der Waals surface area contributed by atoms with Crippen LogP contribution in [0.25, 0.3) is 0 Å². The highest BCUT2D eigenvalue weighted by atomic mass is 127. The van der Waals surface area contributed by atoms with E-state index in [1.165, 1.54) is 12.1 Å². The molecule has 2 aromatic heterocycles. The van der Waals surface area contributed by atoms with E-state index in [-0.39, 0.29) is 16.8 Å². The van der Waals surface area contributed by atoms with Gasteiger partial charge in [0, 0.05) is 9.77 Å². The molecule has 2 heterocycles. The maximum Gasteiger partial charge on any atom is 0.277 e. The van der Waals surface area contributed by atoms with Gasteiger partial charge in [-0.3, -0.25) is 4.79 Å². The lowest BCUT2D eigenvalue weighted by Crippen LogP contribution is -2.15. The van der Waals surface area contributed by atoms with E-state index in [1.54, 1.807) is 12.3 Å². The standard InChI is InChI=1S/C10H6ClIN4O/c11-8-3-2-7(15-16-8)10(17)14-9-4-1-6(12)5-13-9/h1-5H,(H,13,14,17). The van der Waals surface area contributed by atoms with E-state index in [1.807, 2.05) is 6.07 Å². The third kappa shape index (κ3) is 3.34. The minimum absolute atomic E-state index is 0.190. The van der Waals surface area contributed by atoms with Gasteiger partial charge >= 0.3 is 0 Å². The average Bonchev–Trinajstić information content (AvgIpc) is 2.33. The van der Waals surface area contributed by atoms with Gasteiger partial charge in [0.25, 0.3) is 5.91 Å². The number of carbonyl (C=O) groups is 1. The number of halogens is 2. The average molecular weight is 361 g/mol. The van der Waals surface area contributed by atoms with Crippen LogP contribution in [0.2, 0.25) is 5.15 Å². The molecule has 0 spiro atoms. The largest absolute Gasteiger partial charge is 0.305 e. The number of anilines is 1. The van der Waals surface area contributed by atoms with Crippen molar-refractivity contribution in [3.8, 4) is 0 Å². The molecule has 2 aromatic rings. The quantitative estimate of drug-likeness (QED) is 0.835. The highest BCUT2D eigenvalue weighted by Gasteiger charge is 2.08. The van der Waals surface area contributed by atoms with Crippen LogP contribution in [-0.2, 0) is 0 Å². The van der Waals surface area contributed by atoms with Crippen molar-refractivity contribution in [3.63, 3.8) is 0 Å². The van der Waals surface area contributed by atoms with Crippen molar-refractivity contribution in [1.82, 2.24) is 15.2 Å². The van der Waals surface area contributed by atoms with Crippen molar-refractivity contribution < 1.29 is 4.79 Å². The Morgan fingerprint density at radius 1 is 1.24 bits per heavy atom. The SMILES string of the molecule is O=C(Nc1ccc(I)cn1)c1ccc(Cl)nn1. The first-order valence-electron chi connectivity index (χ1n) is 4.57. The van der Waals surface area contributed by atoms with Gasteiger partial charge in [0.1, 0.15) is 5.82 Å². The van der Waals surface area contributed by atoms with Crippen LogP contribution >= 0.6 is 34.2 Å². The molecule has 0 radical (unpaired) electrons. The summed E-state index contributed by atoms with van der Waals surface area (Å²) >= 11 is 7.71. The first-order valence-corrected chi connectivity index (χ1v) is 6.03. The maximum atomic E-state index is 11.7. The molecule has 0 aliphatic carbocycles. The fraction of sp³-hybridized carbons (Fsp3) is 0. The molecule has 0 bridgehead atoms. The summed E-state index contributed by atoms with van der Waals surface area (Å²) in [5, 5.41) is 10.1. The summed E-state index contributed by atoms with van der Waals surface area (Å²) in [7, 11) is 0. The lowest BCUT2D eigenvalue weighted by atomic mass is 10.3. The molecule has 0 aliphatic heterocycles. The number of carbonyl (C=O) groups excluding carboxylic acids is 1. The Labute approximate surface area is 116 Å². The van der Waals surface area contributed by atoms with Gasteiger partial charge in [-0.25, -0.2) is 4.98 Å². The van der Waals surface area contributed by atoms with E-state index in [0.717, 1.165) is 3.57 Å². The number of aromatic nitrogens is 3. The van der Waals surface area contributed by atoms with Crippen LogP contribution in [0.3, 0.4) is 0 Å². The fourth-order valence-corrected chi connectivity index (χ4v) is 1.49. The van der Waals surface area contributed by atoms with E-state index in [2.05, 4.69) is 43.1 Å². The maximum absolute atomic E-state index is 11.7.